The van der Waals surface area contributed by atoms with Crippen LogP contribution in [0.4, 0.5) is 0 Å². The molecule has 1 aromatic rings. The van der Waals surface area contributed by atoms with Gasteiger partial charge in [-0.15, -0.1) is 0 Å². The lowest BCUT2D eigenvalue weighted by Gasteiger charge is -2.33. The number of nitrogens with zero attached hydrogens (tertiary/aromatic N) is 2. The quantitative estimate of drug-likeness (QED) is 0.907. The van der Waals surface area contributed by atoms with Crippen LogP contribution in [0.15, 0.2) is 16.7 Å². The van der Waals surface area contributed by atoms with E-state index >= 15 is 0 Å². The van der Waals surface area contributed by atoms with Gasteiger partial charge in [-0.2, -0.15) is 0 Å². The van der Waals surface area contributed by atoms with E-state index in [0.717, 1.165) is 36.1 Å². The van der Waals surface area contributed by atoms with Crippen LogP contribution in [-0.2, 0) is 7.05 Å². The van der Waals surface area contributed by atoms with Crippen LogP contribution in [0, 0.1) is 5.92 Å². The number of aromatic nitrogens is 1. The molecule has 0 bridgehead atoms. The highest BCUT2D eigenvalue weighted by molar-refractivity contribution is 9.10. The number of rotatable bonds is 2. The molecule has 0 aliphatic carbocycles. The summed E-state index contributed by atoms with van der Waals surface area (Å²) < 4.78 is 2.81. The summed E-state index contributed by atoms with van der Waals surface area (Å²) in [6.07, 6.45) is 3.92. The van der Waals surface area contributed by atoms with E-state index in [4.69, 9.17) is 5.73 Å². The third-order valence-corrected chi connectivity index (χ3v) is 4.19. The third-order valence-electron chi connectivity index (χ3n) is 3.76. The molecule has 1 aliphatic heterocycles. The lowest BCUT2D eigenvalue weighted by atomic mass is 9.91. The monoisotopic (exact) mass is 313 g/mol. The second-order valence-electron chi connectivity index (χ2n) is 5.14. The van der Waals surface area contributed by atoms with E-state index in [1.54, 1.807) is 0 Å². The molecule has 18 heavy (non-hydrogen) atoms. The number of carbonyl (C=O) groups is 1. The number of likely N-dealkylation sites (tertiary alicyclic amines) is 1. The van der Waals surface area contributed by atoms with E-state index in [1.807, 2.05) is 28.8 Å². The molecule has 1 amide bonds. The first kappa shape index (κ1) is 13.6. The lowest BCUT2D eigenvalue weighted by Crippen LogP contribution is -2.43. The van der Waals surface area contributed by atoms with Gasteiger partial charge in [0.1, 0.15) is 5.69 Å². The van der Waals surface area contributed by atoms with Crippen LogP contribution in [-0.4, -0.2) is 34.5 Å². The van der Waals surface area contributed by atoms with Crippen molar-refractivity contribution in [3.8, 4) is 0 Å². The molecule has 2 rings (SSSR count). The second-order valence-corrected chi connectivity index (χ2v) is 6.06. The Kier molecular flexibility index (Phi) is 4.12. The molecule has 100 valence electrons. The molecule has 0 spiro atoms. The summed E-state index contributed by atoms with van der Waals surface area (Å²) in [5.74, 6) is 0.667. The molecule has 1 unspecified atom stereocenters. The van der Waals surface area contributed by atoms with Crippen molar-refractivity contribution in [1.29, 1.82) is 0 Å². The van der Waals surface area contributed by atoms with Gasteiger partial charge in [-0.1, -0.05) is 0 Å². The van der Waals surface area contributed by atoms with Crippen LogP contribution in [0.5, 0.6) is 0 Å². The lowest BCUT2D eigenvalue weighted by molar-refractivity contribution is 0.0671. The highest BCUT2D eigenvalue weighted by Crippen LogP contribution is 2.22. The molecular weight excluding hydrogens is 294 g/mol. The fraction of sp³-hybridized carbons (Fsp3) is 0.615. The van der Waals surface area contributed by atoms with Crippen LogP contribution in [0.1, 0.15) is 30.3 Å². The Bertz CT molecular complexity index is 433. The van der Waals surface area contributed by atoms with Crippen LogP contribution in [0.2, 0.25) is 0 Å². The number of nitrogens with two attached hydrogens (primary N) is 1. The number of carbonyl (C=O) groups excluding carboxylic acids is 1. The molecule has 1 fully saturated rings. The summed E-state index contributed by atoms with van der Waals surface area (Å²) in [7, 11) is 1.90. The molecule has 0 radical (unpaired) electrons. The summed E-state index contributed by atoms with van der Waals surface area (Å²) in [6, 6.07) is 2.10. The van der Waals surface area contributed by atoms with Crippen LogP contribution >= 0.6 is 15.9 Å². The van der Waals surface area contributed by atoms with Gasteiger partial charge in [-0.3, -0.25) is 4.79 Å². The zero-order chi connectivity index (χ0) is 13.3. The van der Waals surface area contributed by atoms with E-state index in [-0.39, 0.29) is 11.9 Å². The molecule has 4 nitrogen and oxygen atoms in total. The average Bonchev–Trinajstić information content (AvgIpc) is 2.67. The minimum atomic E-state index is 0.117. The van der Waals surface area contributed by atoms with E-state index in [0.29, 0.717) is 5.92 Å². The largest absolute Gasteiger partial charge is 0.345 e. The van der Waals surface area contributed by atoms with Gasteiger partial charge in [0.05, 0.1) is 0 Å². The van der Waals surface area contributed by atoms with Crippen molar-refractivity contribution < 1.29 is 4.79 Å². The first-order chi connectivity index (χ1) is 8.49. The van der Waals surface area contributed by atoms with Crippen molar-refractivity contribution in [2.24, 2.45) is 18.7 Å². The van der Waals surface area contributed by atoms with Crippen molar-refractivity contribution in [2.45, 2.75) is 25.8 Å². The van der Waals surface area contributed by atoms with Gasteiger partial charge >= 0.3 is 0 Å². The molecule has 1 aliphatic rings. The average molecular weight is 314 g/mol. The molecular formula is C13H20BrN3O. The summed E-state index contributed by atoms with van der Waals surface area (Å²) in [6.45, 7) is 3.68. The van der Waals surface area contributed by atoms with Crippen molar-refractivity contribution in [2.75, 3.05) is 13.1 Å². The zero-order valence-electron chi connectivity index (χ0n) is 10.9. The predicted octanol–water partition coefficient (Wildman–Crippen LogP) is 1.99. The van der Waals surface area contributed by atoms with E-state index < -0.39 is 0 Å². The SMILES string of the molecule is CC(N)C1CCN(C(=O)c2cc(Br)cn2C)CC1. The van der Waals surface area contributed by atoms with Crippen LogP contribution < -0.4 is 5.73 Å². The number of hydrogen-bond acceptors (Lipinski definition) is 2. The topological polar surface area (TPSA) is 51.3 Å². The zero-order valence-corrected chi connectivity index (χ0v) is 12.5. The fourth-order valence-corrected chi connectivity index (χ4v) is 3.05. The Labute approximate surface area is 116 Å². The molecule has 1 saturated heterocycles. The van der Waals surface area contributed by atoms with Gasteiger partial charge in [0.25, 0.3) is 5.91 Å². The maximum atomic E-state index is 12.4. The van der Waals surface area contributed by atoms with Crippen molar-refractivity contribution in [3.63, 3.8) is 0 Å². The standard InChI is InChI=1S/C13H20BrN3O/c1-9(15)10-3-5-17(6-4-10)13(18)12-7-11(14)8-16(12)2/h7-10H,3-6,15H2,1-2H3. The van der Waals surface area contributed by atoms with Crippen molar-refractivity contribution in [1.82, 2.24) is 9.47 Å². The van der Waals surface area contributed by atoms with Gasteiger partial charge in [0.2, 0.25) is 0 Å². The molecule has 0 saturated carbocycles. The minimum absolute atomic E-state index is 0.117. The van der Waals surface area contributed by atoms with E-state index in [2.05, 4.69) is 22.9 Å². The summed E-state index contributed by atoms with van der Waals surface area (Å²) >= 11 is 3.40. The van der Waals surface area contributed by atoms with Crippen LogP contribution in [0.25, 0.3) is 0 Å². The Morgan fingerprint density at radius 1 is 1.50 bits per heavy atom. The fourth-order valence-electron chi connectivity index (χ4n) is 2.53. The van der Waals surface area contributed by atoms with Gasteiger partial charge in [-0.05, 0) is 47.7 Å². The van der Waals surface area contributed by atoms with Gasteiger partial charge < -0.3 is 15.2 Å². The van der Waals surface area contributed by atoms with Gasteiger partial charge in [0.15, 0.2) is 0 Å². The molecule has 1 atom stereocenters. The Balaban J connectivity index is 2.02. The maximum Gasteiger partial charge on any atom is 0.270 e. The first-order valence-electron chi connectivity index (χ1n) is 6.35. The normalized spacial score (nSPS) is 19.0. The Morgan fingerprint density at radius 2 is 2.11 bits per heavy atom. The highest BCUT2D eigenvalue weighted by atomic mass is 79.9. The summed E-state index contributed by atoms with van der Waals surface area (Å²) in [4.78, 5) is 14.3. The Morgan fingerprint density at radius 3 is 2.56 bits per heavy atom. The molecule has 2 heterocycles. The molecule has 1 aromatic heterocycles. The number of piperidine rings is 1. The number of amides is 1. The minimum Gasteiger partial charge on any atom is -0.345 e. The summed E-state index contributed by atoms with van der Waals surface area (Å²) in [5.41, 5.74) is 6.65. The van der Waals surface area contributed by atoms with Crippen molar-refractivity contribution >= 4 is 21.8 Å². The van der Waals surface area contributed by atoms with Crippen molar-refractivity contribution in [3.05, 3.63) is 22.4 Å². The molecule has 5 heteroatoms. The van der Waals surface area contributed by atoms with Crippen LogP contribution in [0.3, 0.4) is 0 Å². The third kappa shape index (κ3) is 2.78. The maximum absolute atomic E-state index is 12.4. The highest BCUT2D eigenvalue weighted by Gasteiger charge is 2.26. The number of halogens is 1. The summed E-state index contributed by atoms with van der Waals surface area (Å²) in [5, 5.41) is 0. The van der Waals surface area contributed by atoms with E-state index in [1.165, 1.54) is 0 Å². The second kappa shape index (κ2) is 5.45. The van der Waals surface area contributed by atoms with E-state index in [9.17, 15) is 4.79 Å². The Hall–Kier alpha value is -0.810. The number of hydrogen-bond donors (Lipinski definition) is 1. The van der Waals surface area contributed by atoms with Gasteiger partial charge in [0, 0.05) is 36.8 Å². The molecule has 0 aromatic carbocycles. The smallest absolute Gasteiger partial charge is 0.270 e. The first-order valence-corrected chi connectivity index (χ1v) is 7.15. The predicted molar refractivity (Wildman–Crippen MR) is 75.4 cm³/mol. The van der Waals surface area contributed by atoms with Gasteiger partial charge in [-0.25, -0.2) is 0 Å². The molecule has 2 N–H and O–H groups in total. The number of aryl methyl sites for hydroxylation is 1.